The van der Waals surface area contributed by atoms with Crippen LogP contribution in [0, 0.1) is 11.3 Å². The maximum atomic E-state index is 13.4. The van der Waals surface area contributed by atoms with Crippen LogP contribution in [0.1, 0.15) is 25.0 Å². The number of hydrogen-bond donors (Lipinski definition) is 0. The zero-order valence-corrected chi connectivity index (χ0v) is 7.13. The summed E-state index contributed by atoms with van der Waals surface area (Å²) in [5, 5.41) is 8.67. The lowest BCUT2D eigenvalue weighted by Crippen LogP contribution is -2.10. The van der Waals surface area contributed by atoms with Gasteiger partial charge in [0.2, 0.25) is 0 Å². The molecule has 0 unspecified atom stereocenters. The highest BCUT2D eigenvalue weighted by molar-refractivity contribution is 5.40. The Bertz CT molecular complexity index is 317. The van der Waals surface area contributed by atoms with E-state index in [1.165, 1.54) is 13.8 Å². The highest BCUT2D eigenvalue weighted by Crippen LogP contribution is 2.26. The first-order chi connectivity index (χ1) is 5.55. The summed E-state index contributed by atoms with van der Waals surface area (Å²) in [6, 6.07) is 8.68. The van der Waals surface area contributed by atoms with Crippen molar-refractivity contribution in [1.82, 2.24) is 0 Å². The normalized spacial score (nSPS) is 10.8. The standard InChI is InChI=1S/C10H10FN/c1-10(2,11)9-6-4-3-5-8(9)7-12/h3-6H,1-2H3. The second kappa shape index (κ2) is 2.94. The first-order valence-corrected chi connectivity index (χ1v) is 3.74. The lowest BCUT2D eigenvalue weighted by molar-refractivity contribution is 0.221. The fourth-order valence-electron chi connectivity index (χ4n) is 1.10. The van der Waals surface area contributed by atoms with Gasteiger partial charge in [-0.2, -0.15) is 5.26 Å². The smallest absolute Gasteiger partial charge is 0.131 e. The lowest BCUT2D eigenvalue weighted by atomic mass is 9.95. The Morgan fingerprint density at radius 3 is 2.33 bits per heavy atom. The maximum Gasteiger partial charge on any atom is 0.131 e. The van der Waals surface area contributed by atoms with Crippen LogP contribution in [0.5, 0.6) is 0 Å². The van der Waals surface area contributed by atoms with Crippen molar-refractivity contribution >= 4 is 0 Å². The molecule has 0 aliphatic carbocycles. The van der Waals surface area contributed by atoms with Crippen LogP contribution in [-0.2, 0) is 5.67 Å². The van der Waals surface area contributed by atoms with E-state index in [1.807, 2.05) is 6.07 Å². The van der Waals surface area contributed by atoms with Crippen molar-refractivity contribution in [2.75, 3.05) is 0 Å². The predicted molar refractivity (Wildman–Crippen MR) is 45.3 cm³/mol. The minimum Gasteiger partial charge on any atom is -0.239 e. The molecule has 0 radical (unpaired) electrons. The Morgan fingerprint density at radius 2 is 1.92 bits per heavy atom. The van der Waals surface area contributed by atoms with Crippen LogP contribution >= 0.6 is 0 Å². The summed E-state index contributed by atoms with van der Waals surface area (Å²) in [6.07, 6.45) is 0. The molecule has 0 fully saturated rings. The number of benzene rings is 1. The summed E-state index contributed by atoms with van der Waals surface area (Å²) >= 11 is 0. The maximum absolute atomic E-state index is 13.4. The van der Waals surface area contributed by atoms with E-state index in [-0.39, 0.29) is 0 Å². The average Bonchev–Trinajstić information content (AvgIpc) is 2.03. The predicted octanol–water partition coefficient (Wildman–Crippen LogP) is 2.76. The summed E-state index contributed by atoms with van der Waals surface area (Å²) in [5.74, 6) is 0. The Hall–Kier alpha value is -1.36. The number of nitrogens with zero attached hydrogens (tertiary/aromatic N) is 1. The van der Waals surface area contributed by atoms with Crippen molar-refractivity contribution in [3.8, 4) is 6.07 Å². The van der Waals surface area contributed by atoms with Gasteiger partial charge in [0.25, 0.3) is 0 Å². The molecule has 1 aromatic rings. The summed E-state index contributed by atoms with van der Waals surface area (Å²) in [5.41, 5.74) is -0.579. The Morgan fingerprint density at radius 1 is 1.33 bits per heavy atom. The molecule has 1 rings (SSSR count). The van der Waals surface area contributed by atoms with Crippen LogP contribution in [0.2, 0.25) is 0 Å². The van der Waals surface area contributed by atoms with Crippen LogP contribution in [0.3, 0.4) is 0 Å². The largest absolute Gasteiger partial charge is 0.239 e. The molecule has 0 bridgehead atoms. The van der Waals surface area contributed by atoms with Crippen LogP contribution in [-0.4, -0.2) is 0 Å². The van der Waals surface area contributed by atoms with Crippen LogP contribution in [0.15, 0.2) is 24.3 Å². The van der Waals surface area contributed by atoms with Gasteiger partial charge in [0, 0.05) is 5.56 Å². The molecule has 0 heterocycles. The molecule has 0 atom stereocenters. The third kappa shape index (κ3) is 1.62. The van der Waals surface area contributed by atoms with Crippen molar-refractivity contribution in [1.29, 1.82) is 5.26 Å². The summed E-state index contributed by atoms with van der Waals surface area (Å²) in [7, 11) is 0. The van der Waals surface area contributed by atoms with Crippen molar-refractivity contribution in [3.05, 3.63) is 35.4 Å². The zero-order valence-electron chi connectivity index (χ0n) is 7.13. The Labute approximate surface area is 71.4 Å². The van der Waals surface area contributed by atoms with E-state index < -0.39 is 5.67 Å². The van der Waals surface area contributed by atoms with Crippen LogP contribution in [0.4, 0.5) is 4.39 Å². The Kier molecular flexibility index (Phi) is 2.14. The molecular weight excluding hydrogens is 153 g/mol. The zero-order chi connectivity index (χ0) is 9.19. The molecule has 0 N–H and O–H groups in total. The fourth-order valence-corrected chi connectivity index (χ4v) is 1.10. The van der Waals surface area contributed by atoms with Gasteiger partial charge in [-0.15, -0.1) is 0 Å². The third-order valence-corrected chi connectivity index (χ3v) is 1.69. The molecule has 0 aliphatic rings. The molecule has 1 aromatic carbocycles. The first kappa shape index (κ1) is 8.73. The van der Waals surface area contributed by atoms with Gasteiger partial charge in [-0.3, -0.25) is 0 Å². The van der Waals surface area contributed by atoms with E-state index in [4.69, 9.17) is 5.26 Å². The van der Waals surface area contributed by atoms with Gasteiger partial charge in [-0.05, 0) is 19.9 Å². The quantitative estimate of drug-likeness (QED) is 0.624. The number of nitriles is 1. The second-order valence-electron chi connectivity index (χ2n) is 3.13. The molecule has 0 saturated carbocycles. The van der Waals surface area contributed by atoms with Crippen molar-refractivity contribution < 1.29 is 4.39 Å². The van der Waals surface area contributed by atoms with Gasteiger partial charge in [0.05, 0.1) is 11.6 Å². The molecule has 0 aromatic heterocycles. The van der Waals surface area contributed by atoms with E-state index in [0.29, 0.717) is 11.1 Å². The Balaban J connectivity index is 3.26. The van der Waals surface area contributed by atoms with Gasteiger partial charge in [0.1, 0.15) is 5.67 Å². The van der Waals surface area contributed by atoms with Crippen molar-refractivity contribution in [3.63, 3.8) is 0 Å². The molecular formula is C10H10FN. The number of hydrogen-bond acceptors (Lipinski definition) is 1. The van der Waals surface area contributed by atoms with E-state index >= 15 is 0 Å². The van der Waals surface area contributed by atoms with E-state index in [9.17, 15) is 4.39 Å². The van der Waals surface area contributed by atoms with Gasteiger partial charge < -0.3 is 0 Å². The molecule has 12 heavy (non-hydrogen) atoms. The summed E-state index contributed by atoms with van der Waals surface area (Å²) in [6.45, 7) is 2.90. The number of alkyl halides is 1. The molecule has 2 heteroatoms. The second-order valence-corrected chi connectivity index (χ2v) is 3.13. The molecule has 0 spiro atoms. The molecule has 0 amide bonds. The monoisotopic (exact) mass is 163 g/mol. The third-order valence-electron chi connectivity index (χ3n) is 1.69. The van der Waals surface area contributed by atoms with Crippen molar-refractivity contribution in [2.24, 2.45) is 0 Å². The van der Waals surface area contributed by atoms with E-state index in [0.717, 1.165) is 0 Å². The molecule has 0 aliphatic heterocycles. The highest BCUT2D eigenvalue weighted by atomic mass is 19.1. The van der Waals surface area contributed by atoms with Gasteiger partial charge in [-0.25, -0.2) is 4.39 Å². The van der Waals surface area contributed by atoms with Crippen molar-refractivity contribution in [2.45, 2.75) is 19.5 Å². The van der Waals surface area contributed by atoms with E-state index in [2.05, 4.69) is 0 Å². The number of rotatable bonds is 1. The van der Waals surface area contributed by atoms with Crippen LogP contribution < -0.4 is 0 Å². The summed E-state index contributed by atoms with van der Waals surface area (Å²) < 4.78 is 13.4. The first-order valence-electron chi connectivity index (χ1n) is 3.74. The lowest BCUT2D eigenvalue weighted by Gasteiger charge is -2.15. The minimum absolute atomic E-state index is 0.407. The van der Waals surface area contributed by atoms with Crippen LogP contribution in [0.25, 0.3) is 0 Å². The highest BCUT2D eigenvalue weighted by Gasteiger charge is 2.21. The van der Waals surface area contributed by atoms with Gasteiger partial charge in [0.15, 0.2) is 0 Å². The molecule has 0 saturated heterocycles. The van der Waals surface area contributed by atoms with Gasteiger partial charge in [-0.1, -0.05) is 18.2 Å². The summed E-state index contributed by atoms with van der Waals surface area (Å²) in [4.78, 5) is 0. The topological polar surface area (TPSA) is 23.8 Å². The average molecular weight is 163 g/mol. The van der Waals surface area contributed by atoms with Gasteiger partial charge >= 0.3 is 0 Å². The minimum atomic E-state index is -1.44. The van der Waals surface area contributed by atoms with E-state index in [1.54, 1.807) is 24.3 Å². The fraction of sp³-hybridized carbons (Fsp3) is 0.300. The molecule has 1 nitrogen and oxygen atoms in total. The molecule has 62 valence electrons. The SMILES string of the molecule is CC(C)(F)c1ccccc1C#N. The number of halogens is 1.